The van der Waals surface area contributed by atoms with Crippen LogP contribution >= 0.6 is 0 Å². The predicted octanol–water partition coefficient (Wildman–Crippen LogP) is 4.79. The fourth-order valence-electron chi connectivity index (χ4n) is 3.37. The van der Waals surface area contributed by atoms with E-state index in [4.69, 9.17) is 9.47 Å². The first-order valence-corrected chi connectivity index (χ1v) is 9.31. The van der Waals surface area contributed by atoms with E-state index >= 15 is 0 Å². The van der Waals surface area contributed by atoms with Gasteiger partial charge in [-0.3, -0.25) is 4.79 Å². The third-order valence-corrected chi connectivity index (χ3v) is 4.78. The van der Waals surface area contributed by atoms with Crippen LogP contribution in [-0.2, 0) is 14.3 Å². The van der Waals surface area contributed by atoms with Gasteiger partial charge in [0.1, 0.15) is 0 Å². The summed E-state index contributed by atoms with van der Waals surface area (Å²) in [7, 11) is 0. The van der Waals surface area contributed by atoms with Gasteiger partial charge in [-0.15, -0.1) is 0 Å². The van der Waals surface area contributed by atoms with Crippen LogP contribution < -0.4 is 0 Å². The molecule has 3 atom stereocenters. The van der Waals surface area contributed by atoms with Crippen LogP contribution in [0.25, 0.3) is 0 Å². The quantitative estimate of drug-likeness (QED) is 0.295. The van der Waals surface area contributed by atoms with Gasteiger partial charge in [0, 0.05) is 0 Å². The molecule has 0 aromatic carbocycles. The molecule has 3 nitrogen and oxygen atoms in total. The lowest BCUT2D eigenvalue weighted by molar-refractivity contribution is -0.149. The van der Waals surface area contributed by atoms with Crippen molar-refractivity contribution in [1.82, 2.24) is 0 Å². The summed E-state index contributed by atoms with van der Waals surface area (Å²) in [6, 6.07) is 0. The molecule has 0 amide bonds. The van der Waals surface area contributed by atoms with Crippen molar-refractivity contribution in [3.8, 4) is 0 Å². The summed E-state index contributed by atoms with van der Waals surface area (Å²) < 4.78 is 11.0. The average Bonchev–Trinajstić information content (AvgIpc) is 3.15. The predicted molar refractivity (Wildman–Crippen MR) is 88.7 cm³/mol. The second-order valence-electron chi connectivity index (χ2n) is 6.72. The normalized spacial score (nSPS) is 25.8. The third-order valence-electron chi connectivity index (χ3n) is 4.78. The Balaban J connectivity index is 1.37. The molecular weight excluding hydrogens is 276 g/mol. The Bertz CT molecular complexity index is 351. The Morgan fingerprint density at radius 2 is 1.64 bits per heavy atom. The van der Waals surface area contributed by atoms with E-state index < -0.39 is 0 Å². The maximum Gasteiger partial charge on any atom is 0.312 e. The number of fused-ring (bicyclic) bond motifs is 2. The van der Waals surface area contributed by atoms with Crippen molar-refractivity contribution in [2.45, 2.75) is 89.8 Å². The molecule has 2 bridgehead atoms. The maximum atomic E-state index is 12.0. The topological polar surface area (TPSA) is 35.5 Å². The summed E-state index contributed by atoms with van der Waals surface area (Å²) in [5, 5.41) is 0. The lowest BCUT2D eigenvalue weighted by Crippen LogP contribution is -2.25. The van der Waals surface area contributed by atoms with Crippen molar-refractivity contribution in [2.75, 3.05) is 6.61 Å². The molecule has 2 aliphatic heterocycles. The SMILES string of the molecule is CCCCCCCCCCCCOC(=O)C1CC2C=CC1O2. The molecule has 2 rings (SSSR count). The molecule has 126 valence electrons. The summed E-state index contributed by atoms with van der Waals surface area (Å²) >= 11 is 0. The van der Waals surface area contributed by atoms with Crippen molar-refractivity contribution in [1.29, 1.82) is 0 Å². The van der Waals surface area contributed by atoms with Crippen LogP contribution in [0.5, 0.6) is 0 Å². The average molecular weight is 308 g/mol. The summed E-state index contributed by atoms with van der Waals surface area (Å²) in [5.74, 6) is -0.120. The summed E-state index contributed by atoms with van der Waals surface area (Å²) in [6.45, 7) is 2.83. The van der Waals surface area contributed by atoms with E-state index in [2.05, 4.69) is 13.0 Å². The minimum Gasteiger partial charge on any atom is -0.465 e. The summed E-state index contributed by atoms with van der Waals surface area (Å²) in [4.78, 5) is 12.0. The Labute approximate surface area is 135 Å². The number of rotatable bonds is 12. The molecule has 0 radical (unpaired) electrons. The molecule has 0 N–H and O–H groups in total. The molecule has 2 aliphatic rings. The van der Waals surface area contributed by atoms with Crippen molar-refractivity contribution in [3.63, 3.8) is 0 Å². The standard InChI is InChI=1S/C19H32O3/c1-2-3-4-5-6-7-8-9-10-11-14-21-19(20)17-15-16-12-13-18(17)22-16/h12-13,16-18H,2-11,14-15H2,1H3. The zero-order chi connectivity index (χ0) is 15.6. The lowest BCUT2D eigenvalue weighted by atomic mass is 9.95. The van der Waals surface area contributed by atoms with Gasteiger partial charge < -0.3 is 9.47 Å². The largest absolute Gasteiger partial charge is 0.465 e. The molecule has 3 unspecified atom stereocenters. The van der Waals surface area contributed by atoms with Gasteiger partial charge >= 0.3 is 5.97 Å². The van der Waals surface area contributed by atoms with Gasteiger partial charge in [-0.1, -0.05) is 76.9 Å². The number of carbonyl (C=O) groups is 1. The van der Waals surface area contributed by atoms with E-state index in [9.17, 15) is 4.79 Å². The van der Waals surface area contributed by atoms with Crippen LogP contribution in [0.2, 0.25) is 0 Å². The van der Waals surface area contributed by atoms with Crippen molar-refractivity contribution in [3.05, 3.63) is 12.2 Å². The first-order chi connectivity index (χ1) is 10.8. The highest BCUT2D eigenvalue weighted by molar-refractivity contribution is 5.74. The van der Waals surface area contributed by atoms with Gasteiger partial charge in [-0.2, -0.15) is 0 Å². The van der Waals surface area contributed by atoms with Crippen LogP contribution in [-0.4, -0.2) is 24.8 Å². The number of ether oxygens (including phenoxy) is 2. The van der Waals surface area contributed by atoms with Crippen molar-refractivity contribution < 1.29 is 14.3 Å². The minimum atomic E-state index is -0.0622. The molecule has 0 aromatic heterocycles. The first kappa shape index (κ1) is 17.5. The van der Waals surface area contributed by atoms with Crippen LogP contribution in [0.4, 0.5) is 0 Å². The molecule has 0 aromatic rings. The highest BCUT2D eigenvalue weighted by Crippen LogP contribution is 2.34. The molecule has 1 saturated heterocycles. The molecule has 0 aliphatic carbocycles. The fraction of sp³-hybridized carbons (Fsp3) is 0.842. The highest BCUT2D eigenvalue weighted by Gasteiger charge is 2.41. The minimum absolute atomic E-state index is 0.0230. The van der Waals surface area contributed by atoms with E-state index in [0.29, 0.717) is 6.61 Å². The monoisotopic (exact) mass is 308 g/mol. The molecule has 1 fully saturated rings. The summed E-state index contributed by atoms with van der Waals surface area (Å²) in [6.07, 6.45) is 18.0. The van der Waals surface area contributed by atoms with Gasteiger partial charge in [-0.05, 0) is 12.8 Å². The van der Waals surface area contributed by atoms with Crippen molar-refractivity contribution in [2.24, 2.45) is 5.92 Å². The van der Waals surface area contributed by atoms with Crippen LogP contribution in [0.15, 0.2) is 12.2 Å². The van der Waals surface area contributed by atoms with E-state index in [1.165, 1.54) is 57.8 Å². The van der Waals surface area contributed by atoms with Crippen LogP contribution in [0.3, 0.4) is 0 Å². The molecule has 0 spiro atoms. The molecule has 3 heteroatoms. The maximum absolute atomic E-state index is 12.0. The molecule has 2 heterocycles. The van der Waals surface area contributed by atoms with Gasteiger partial charge in [0.05, 0.1) is 24.7 Å². The second kappa shape index (κ2) is 10.0. The first-order valence-electron chi connectivity index (χ1n) is 9.31. The Hall–Kier alpha value is -0.830. The number of carbonyl (C=O) groups excluding carboxylic acids is 1. The van der Waals surface area contributed by atoms with E-state index in [1.807, 2.05) is 6.08 Å². The zero-order valence-corrected chi connectivity index (χ0v) is 14.1. The second-order valence-corrected chi connectivity index (χ2v) is 6.72. The number of hydrogen-bond donors (Lipinski definition) is 0. The smallest absolute Gasteiger partial charge is 0.312 e. The molecule has 0 saturated carbocycles. The summed E-state index contributed by atoms with van der Waals surface area (Å²) in [5.41, 5.74) is 0. The number of hydrogen-bond acceptors (Lipinski definition) is 3. The number of esters is 1. The van der Waals surface area contributed by atoms with Gasteiger partial charge in [0.15, 0.2) is 0 Å². The third kappa shape index (κ3) is 5.75. The zero-order valence-electron chi connectivity index (χ0n) is 14.1. The van der Waals surface area contributed by atoms with Gasteiger partial charge in [0.2, 0.25) is 0 Å². The molecule has 22 heavy (non-hydrogen) atoms. The van der Waals surface area contributed by atoms with E-state index in [-0.39, 0.29) is 24.1 Å². The van der Waals surface area contributed by atoms with Crippen molar-refractivity contribution >= 4 is 5.97 Å². The Kier molecular flexibility index (Phi) is 8.00. The van der Waals surface area contributed by atoms with E-state index in [1.54, 1.807) is 0 Å². The van der Waals surface area contributed by atoms with Gasteiger partial charge in [-0.25, -0.2) is 0 Å². The van der Waals surface area contributed by atoms with Crippen LogP contribution in [0, 0.1) is 5.92 Å². The Morgan fingerprint density at radius 3 is 2.18 bits per heavy atom. The lowest BCUT2D eigenvalue weighted by Gasteiger charge is -2.14. The van der Waals surface area contributed by atoms with Crippen LogP contribution in [0.1, 0.15) is 77.6 Å². The Morgan fingerprint density at radius 1 is 1.00 bits per heavy atom. The molecular formula is C19H32O3. The fourth-order valence-corrected chi connectivity index (χ4v) is 3.37. The number of unbranched alkanes of at least 4 members (excludes halogenated alkanes) is 9. The van der Waals surface area contributed by atoms with Gasteiger partial charge in [0.25, 0.3) is 0 Å². The van der Waals surface area contributed by atoms with E-state index in [0.717, 1.165) is 12.8 Å². The highest BCUT2D eigenvalue weighted by atomic mass is 16.5.